The minimum Gasteiger partial charge on any atom is -0.319 e. The van der Waals surface area contributed by atoms with Gasteiger partial charge >= 0.3 is 0 Å². The summed E-state index contributed by atoms with van der Waals surface area (Å²) < 4.78 is 0. The molecule has 1 amide bonds. The molecule has 1 N–H and O–H groups in total. The molecule has 0 saturated carbocycles. The number of hydrogen-bond donors (Lipinski definition) is 1. The number of benzene rings is 1. The summed E-state index contributed by atoms with van der Waals surface area (Å²) in [5, 5.41) is 13.7. The van der Waals surface area contributed by atoms with Crippen LogP contribution in [0.4, 0.5) is 11.4 Å². The van der Waals surface area contributed by atoms with Gasteiger partial charge in [0.15, 0.2) is 0 Å². The van der Waals surface area contributed by atoms with E-state index in [1.165, 1.54) is 11.6 Å². The third-order valence-electron chi connectivity index (χ3n) is 4.34. The number of carbonyl (C=O) groups is 1. The van der Waals surface area contributed by atoms with Gasteiger partial charge in [-0.25, -0.2) is 0 Å². The Hall–Kier alpha value is -2.84. The molecule has 8 heteroatoms. The first kappa shape index (κ1) is 18.0. The van der Waals surface area contributed by atoms with Crippen LogP contribution < -0.4 is 5.32 Å². The fraction of sp³-hybridized carbons (Fsp3) is 0.333. The number of para-hydroxylation sites is 2. The Kier molecular flexibility index (Phi) is 5.88. The van der Waals surface area contributed by atoms with Gasteiger partial charge in [0.1, 0.15) is 5.69 Å². The van der Waals surface area contributed by atoms with Crippen LogP contribution in [-0.2, 0) is 11.3 Å². The number of piperazine rings is 1. The summed E-state index contributed by atoms with van der Waals surface area (Å²) in [6.07, 6.45) is 3.63. The van der Waals surface area contributed by atoms with Gasteiger partial charge in [-0.05, 0) is 17.7 Å². The molecule has 0 unspecified atom stereocenters. The van der Waals surface area contributed by atoms with Gasteiger partial charge in [0.25, 0.3) is 5.69 Å². The van der Waals surface area contributed by atoms with Crippen molar-refractivity contribution < 1.29 is 9.72 Å². The SMILES string of the molecule is O=C(CN1CCN(Cc2cccnc2)CC1)Nc1ccccc1[N+](=O)[O-]. The highest BCUT2D eigenvalue weighted by molar-refractivity contribution is 5.94. The molecule has 0 bridgehead atoms. The van der Waals surface area contributed by atoms with E-state index < -0.39 is 4.92 Å². The first-order chi connectivity index (χ1) is 12.6. The Labute approximate surface area is 151 Å². The van der Waals surface area contributed by atoms with Crippen LogP contribution in [0, 0.1) is 10.1 Å². The first-order valence-corrected chi connectivity index (χ1v) is 8.49. The van der Waals surface area contributed by atoms with Crippen molar-refractivity contribution in [2.24, 2.45) is 0 Å². The predicted octanol–water partition coefficient (Wildman–Crippen LogP) is 1.75. The van der Waals surface area contributed by atoms with E-state index in [1.54, 1.807) is 24.4 Å². The van der Waals surface area contributed by atoms with Gasteiger partial charge in [-0.15, -0.1) is 0 Å². The second-order valence-corrected chi connectivity index (χ2v) is 6.24. The van der Waals surface area contributed by atoms with Crippen LogP contribution in [0.15, 0.2) is 48.8 Å². The number of nitrogens with zero attached hydrogens (tertiary/aromatic N) is 4. The van der Waals surface area contributed by atoms with Crippen LogP contribution in [-0.4, -0.2) is 58.3 Å². The largest absolute Gasteiger partial charge is 0.319 e. The molecule has 1 saturated heterocycles. The average Bonchev–Trinajstić information content (AvgIpc) is 2.64. The van der Waals surface area contributed by atoms with Crippen molar-refractivity contribution in [1.82, 2.24) is 14.8 Å². The van der Waals surface area contributed by atoms with Gasteiger partial charge < -0.3 is 5.32 Å². The molecule has 1 aromatic heterocycles. The molecule has 26 heavy (non-hydrogen) atoms. The summed E-state index contributed by atoms with van der Waals surface area (Å²) in [7, 11) is 0. The second-order valence-electron chi connectivity index (χ2n) is 6.24. The summed E-state index contributed by atoms with van der Waals surface area (Å²) >= 11 is 0. The van der Waals surface area contributed by atoms with Crippen LogP contribution in [0.1, 0.15) is 5.56 Å². The van der Waals surface area contributed by atoms with Crippen LogP contribution in [0.5, 0.6) is 0 Å². The monoisotopic (exact) mass is 355 g/mol. The van der Waals surface area contributed by atoms with Crippen molar-refractivity contribution in [3.05, 3.63) is 64.5 Å². The summed E-state index contributed by atoms with van der Waals surface area (Å²) in [5.41, 5.74) is 1.31. The lowest BCUT2D eigenvalue weighted by Crippen LogP contribution is -2.48. The fourth-order valence-corrected chi connectivity index (χ4v) is 2.99. The number of nitro benzene ring substituents is 1. The average molecular weight is 355 g/mol. The molecular formula is C18H21N5O3. The highest BCUT2D eigenvalue weighted by atomic mass is 16.6. The molecule has 2 heterocycles. The van der Waals surface area contributed by atoms with Crippen molar-refractivity contribution in [2.75, 3.05) is 38.0 Å². The Morgan fingerprint density at radius 2 is 1.85 bits per heavy atom. The zero-order valence-corrected chi connectivity index (χ0v) is 14.4. The van der Waals surface area contributed by atoms with Gasteiger partial charge in [0.05, 0.1) is 11.5 Å². The van der Waals surface area contributed by atoms with Crippen LogP contribution in [0.25, 0.3) is 0 Å². The molecule has 0 spiro atoms. The van der Waals surface area contributed by atoms with E-state index >= 15 is 0 Å². The lowest BCUT2D eigenvalue weighted by atomic mass is 10.2. The maximum absolute atomic E-state index is 12.2. The molecule has 1 fully saturated rings. The molecule has 1 aromatic carbocycles. The third-order valence-corrected chi connectivity index (χ3v) is 4.34. The lowest BCUT2D eigenvalue weighted by Gasteiger charge is -2.34. The zero-order valence-electron chi connectivity index (χ0n) is 14.4. The number of amides is 1. The van der Waals surface area contributed by atoms with E-state index in [2.05, 4.69) is 26.2 Å². The lowest BCUT2D eigenvalue weighted by molar-refractivity contribution is -0.383. The molecule has 0 radical (unpaired) electrons. The molecular weight excluding hydrogens is 334 g/mol. The number of anilines is 1. The molecule has 0 atom stereocenters. The van der Waals surface area contributed by atoms with Gasteiger partial charge in [-0.3, -0.25) is 29.7 Å². The summed E-state index contributed by atoms with van der Waals surface area (Å²) in [6.45, 7) is 4.38. The maximum atomic E-state index is 12.2. The summed E-state index contributed by atoms with van der Waals surface area (Å²) in [5.74, 6) is -0.236. The molecule has 3 rings (SSSR count). The molecule has 136 valence electrons. The quantitative estimate of drug-likeness (QED) is 0.627. The van der Waals surface area contributed by atoms with Crippen molar-refractivity contribution in [1.29, 1.82) is 0 Å². The van der Waals surface area contributed by atoms with E-state index in [1.807, 2.05) is 12.3 Å². The number of pyridine rings is 1. The minimum absolute atomic E-state index is 0.0952. The van der Waals surface area contributed by atoms with Crippen molar-refractivity contribution in [2.45, 2.75) is 6.54 Å². The number of nitro groups is 1. The number of aromatic nitrogens is 1. The molecule has 1 aliphatic heterocycles. The predicted molar refractivity (Wildman–Crippen MR) is 97.7 cm³/mol. The minimum atomic E-state index is -0.493. The van der Waals surface area contributed by atoms with Gasteiger partial charge in [0, 0.05) is 51.2 Å². The van der Waals surface area contributed by atoms with E-state index in [9.17, 15) is 14.9 Å². The topological polar surface area (TPSA) is 91.6 Å². The van der Waals surface area contributed by atoms with Gasteiger partial charge in [-0.1, -0.05) is 18.2 Å². The Morgan fingerprint density at radius 1 is 1.12 bits per heavy atom. The highest BCUT2D eigenvalue weighted by Gasteiger charge is 2.20. The summed E-state index contributed by atoms with van der Waals surface area (Å²) in [6, 6.07) is 10.2. The van der Waals surface area contributed by atoms with Crippen molar-refractivity contribution >= 4 is 17.3 Å². The van der Waals surface area contributed by atoms with Crippen molar-refractivity contribution in [3.8, 4) is 0 Å². The fourth-order valence-electron chi connectivity index (χ4n) is 2.99. The van der Waals surface area contributed by atoms with E-state index in [-0.39, 0.29) is 23.8 Å². The van der Waals surface area contributed by atoms with Crippen LogP contribution in [0.3, 0.4) is 0 Å². The van der Waals surface area contributed by atoms with Crippen molar-refractivity contribution in [3.63, 3.8) is 0 Å². The second kappa shape index (κ2) is 8.50. The normalized spacial score (nSPS) is 15.5. The van der Waals surface area contributed by atoms with Gasteiger partial charge in [-0.2, -0.15) is 0 Å². The van der Waals surface area contributed by atoms with Crippen LogP contribution in [0.2, 0.25) is 0 Å². The Balaban J connectivity index is 1.47. The number of rotatable bonds is 6. The van der Waals surface area contributed by atoms with Gasteiger partial charge in [0.2, 0.25) is 5.91 Å². The standard InChI is InChI=1S/C18H21N5O3/c24-18(20-16-5-1-2-6-17(16)23(25)26)14-22-10-8-21(9-11-22)13-15-4-3-7-19-12-15/h1-7,12H,8-11,13-14H2,(H,20,24). The maximum Gasteiger partial charge on any atom is 0.292 e. The smallest absolute Gasteiger partial charge is 0.292 e. The van der Waals surface area contributed by atoms with E-state index in [0.717, 1.165) is 32.7 Å². The zero-order chi connectivity index (χ0) is 18.4. The highest BCUT2D eigenvalue weighted by Crippen LogP contribution is 2.23. The summed E-state index contributed by atoms with van der Waals surface area (Å²) in [4.78, 5) is 31.3. The number of hydrogen-bond acceptors (Lipinski definition) is 6. The Morgan fingerprint density at radius 3 is 2.54 bits per heavy atom. The first-order valence-electron chi connectivity index (χ1n) is 8.49. The third kappa shape index (κ3) is 4.84. The van der Waals surface area contributed by atoms with Crippen LogP contribution >= 0.6 is 0 Å². The molecule has 8 nitrogen and oxygen atoms in total. The van der Waals surface area contributed by atoms with E-state index in [4.69, 9.17) is 0 Å². The molecule has 1 aliphatic rings. The number of nitrogens with one attached hydrogen (secondary N) is 1. The Bertz CT molecular complexity index is 760. The molecule has 0 aliphatic carbocycles. The molecule has 2 aromatic rings. The number of carbonyl (C=O) groups excluding carboxylic acids is 1. The van der Waals surface area contributed by atoms with E-state index in [0.29, 0.717) is 0 Å².